The highest BCUT2D eigenvalue weighted by atomic mass is 79.9. The van der Waals surface area contributed by atoms with E-state index in [1.165, 1.54) is 27.9 Å². The molecular weight excluding hydrogens is 413 g/mol. The fourth-order valence-electron chi connectivity index (χ4n) is 2.64. The standard InChI is InChI=1S/C20H15BrFN3O2/c1-2-9-24(11-14-3-6-16(22)7-4-14)19(26)12-25-13-23-18-8-5-15(21)10-17(18)20(25)27/h1,3-8,10,13H,9,11-12H2. The molecule has 0 saturated carbocycles. The molecule has 0 bridgehead atoms. The predicted molar refractivity (Wildman–Crippen MR) is 104 cm³/mol. The van der Waals surface area contributed by atoms with E-state index in [0.717, 1.165) is 10.0 Å². The first-order valence-electron chi connectivity index (χ1n) is 8.08. The number of carbonyl (C=O) groups is 1. The molecule has 7 heteroatoms. The highest BCUT2D eigenvalue weighted by Crippen LogP contribution is 2.15. The highest BCUT2D eigenvalue weighted by molar-refractivity contribution is 9.10. The smallest absolute Gasteiger partial charge is 0.261 e. The van der Waals surface area contributed by atoms with Crippen LogP contribution < -0.4 is 5.56 Å². The molecule has 0 aliphatic carbocycles. The van der Waals surface area contributed by atoms with Crippen LogP contribution in [0, 0.1) is 18.2 Å². The lowest BCUT2D eigenvalue weighted by Gasteiger charge is -2.21. The summed E-state index contributed by atoms with van der Waals surface area (Å²) in [6, 6.07) is 11.0. The van der Waals surface area contributed by atoms with Gasteiger partial charge in [-0.15, -0.1) is 6.42 Å². The Morgan fingerprint density at radius 2 is 2.00 bits per heavy atom. The van der Waals surface area contributed by atoms with Crippen LogP contribution in [-0.2, 0) is 17.9 Å². The van der Waals surface area contributed by atoms with Crippen molar-refractivity contribution in [3.05, 3.63) is 75.0 Å². The van der Waals surface area contributed by atoms with Crippen molar-refractivity contribution >= 4 is 32.7 Å². The zero-order valence-electron chi connectivity index (χ0n) is 14.2. The Labute approximate surface area is 163 Å². The summed E-state index contributed by atoms with van der Waals surface area (Å²) in [6.45, 7) is 0.124. The van der Waals surface area contributed by atoms with E-state index in [0.29, 0.717) is 10.9 Å². The maximum atomic E-state index is 13.1. The van der Waals surface area contributed by atoms with E-state index in [1.54, 1.807) is 30.3 Å². The molecule has 0 spiro atoms. The molecule has 136 valence electrons. The average Bonchev–Trinajstić information content (AvgIpc) is 2.65. The maximum absolute atomic E-state index is 13.1. The van der Waals surface area contributed by atoms with Gasteiger partial charge in [-0.3, -0.25) is 14.2 Å². The monoisotopic (exact) mass is 427 g/mol. The summed E-state index contributed by atoms with van der Waals surface area (Å²) in [5.74, 6) is 1.76. The van der Waals surface area contributed by atoms with E-state index in [-0.39, 0.29) is 36.9 Å². The molecule has 0 N–H and O–H groups in total. The van der Waals surface area contributed by atoms with Gasteiger partial charge in [-0.25, -0.2) is 9.37 Å². The Kier molecular flexibility index (Phi) is 5.67. The van der Waals surface area contributed by atoms with Gasteiger partial charge in [0.2, 0.25) is 5.91 Å². The van der Waals surface area contributed by atoms with Gasteiger partial charge in [-0.05, 0) is 35.9 Å². The van der Waals surface area contributed by atoms with Gasteiger partial charge in [0, 0.05) is 11.0 Å². The second-order valence-corrected chi connectivity index (χ2v) is 6.84. The van der Waals surface area contributed by atoms with E-state index in [2.05, 4.69) is 26.8 Å². The number of halogens is 2. The van der Waals surface area contributed by atoms with Gasteiger partial charge in [-0.2, -0.15) is 0 Å². The van der Waals surface area contributed by atoms with E-state index < -0.39 is 0 Å². The molecule has 3 rings (SSSR count). The summed E-state index contributed by atoms with van der Waals surface area (Å²) < 4.78 is 15.1. The molecule has 27 heavy (non-hydrogen) atoms. The van der Waals surface area contributed by atoms with E-state index >= 15 is 0 Å². The van der Waals surface area contributed by atoms with E-state index in [4.69, 9.17) is 6.42 Å². The third-order valence-electron chi connectivity index (χ3n) is 4.01. The lowest BCUT2D eigenvalue weighted by atomic mass is 10.2. The van der Waals surface area contributed by atoms with Gasteiger partial charge in [0.25, 0.3) is 5.56 Å². The van der Waals surface area contributed by atoms with Gasteiger partial charge in [0.05, 0.1) is 23.8 Å². The van der Waals surface area contributed by atoms with Crippen LogP contribution in [0.25, 0.3) is 10.9 Å². The van der Waals surface area contributed by atoms with Crippen LogP contribution in [-0.4, -0.2) is 26.9 Å². The first-order valence-corrected chi connectivity index (χ1v) is 8.87. The third-order valence-corrected chi connectivity index (χ3v) is 4.51. The van der Waals surface area contributed by atoms with Crippen molar-refractivity contribution in [1.29, 1.82) is 0 Å². The maximum Gasteiger partial charge on any atom is 0.261 e. The van der Waals surface area contributed by atoms with Crippen molar-refractivity contribution in [2.24, 2.45) is 0 Å². The summed E-state index contributed by atoms with van der Waals surface area (Å²) in [5.41, 5.74) is 0.990. The summed E-state index contributed by atoms with van der Waals surface area (Å²) in [4.78, 5) is 31.0. The normalized spacial score (nSPS) is 10.6. The lowest BCUT2D eigenvalue weighted by molar-refractivity contribution is -0.131. The molecule has 0 unspecified atom stereocenters. The molecule has 1 aromatic heterocycles. The number of amides is 1. The Balaban J connectivity index is 1.84. The minimum absolute atomic E-state index is 0.0809. The number of aromatic nitrogens is 2. The number of nitrogens with zero attached hydrogens (tertiary/aromatic N) is 3. The van der Waals surface area contributed by atoms with Gasteiger partial charge < -0.3 is 4.90 Å². The van der Waals surface area contributed by atoms with Crippen LogP contribution in [0.3, 0.4) is 0 Å². The van der Waals surface area contributed by atoms with Crippen LogP contribution in [0.4, 0.5) is 4.39 Å². The number of benzene rings is 2. The molecule has 1 heterocycles. The minimum atomic E-state index is -0.353. The minimum Gasteiger partial charge on any atom is -0.326 e. The number of terminal acetylenes is 1. The van der Waals surface area contributed by atoms with Crippen LogP contribution in [0.15, 0.2) is 58.1 Å². The number of fused-ring (bicyclic) bond motifs is 1. The topological polar surface area (TPSA) is 55.2 Å². The van der Waals surface area contributed by atoms with E-state index in [1.807, 2.05) is 0 Å². The Morgan fingerprint density at radius 3 is 2.70 bits per heavy atom. The zero-order chi connectivity index (χ0) is 19.4. The molecule has 3 aromatic rings. The Bertz CT molecular complexity index is 1090. The number of hydrogen-bond donors (Lipinski definition) is 0. The molecule has 0 saturated heterocycles. The molecule has 0 fully saturated rings. The summed E-state index contributed by atoms with van der Waals surface area (Å²) in [7, 11) is 0. The van der Waals surface area contributed by atoms with Gasteiger partial charge in [0.1, 0.15) is 12.4 Å². The zero-order valence-corrected chi connectivity index (χ0v) is 15.8. The van der Waals surface area contributed by atoms with Crippen molar-refractivity contribution in [3.63, 3.8) is 0 Å². The molecule has 0 aliphatic rings. The molecule has 2 aromatic carbocycles. The van der Waals surface area contributed by atoms with Crippen LogP contribution in [0.5, 0.6) is 0 Å². The summed E-state index contributed by atoms with van der Waals surface area (Å²) >= 11 is 3.33. The second kappa shape index (κ2) is 8.14. The summed E-state index contributed by atoms with van der Waals surface area (Å²) in [5, 5.41) is 0.418. The molecule has 1 amide bonds. The molecule has 0 atom stereocenters. The fourth-order valence-corrected chi connectivity index (χ4v) is 3.00. The first kappa shape index (κ1) is 18.8. The Hall–Kier alpha value is -2.98. The molecular formula is C20H15BrFN3O2. The molecule has 5 nitrogen and oxygen atoms in total. The van der Waals surface area contributed by atoms with Crippen LogP contribution in [0.1, 0.15) is 5.56 Å². The van der Waals surface area contributed by atoms with Crippen LogP contribution in [0.2, 0.25) is 0 Å². The quantitative estimate of drug-likeness (QED) is 0.588. The molecule has 0 radical (unpaired) electrons. The van der Waals surface area contributed by atoms with Crippen LogP contribution >= 0.6 is 15.9 Å². The summed E-state index contributed by atoms with van der Waals surface area (Å²) in [6.07, 6.45) is 6.72. The number of hydrogen-bond acceptors (Lipinski definition) is 3. The fraction of sp³-hybridized carbons (Fsp3) is 0.150. The predicted octanol–water partition coefficient (Wildman–Crippen LogP) is 2.96. The average molecular weight is 428 g/mol. The largest absolute Gasteiger partial charge is 0.326 e. The highest BCUT2D eigenvalue weighted by Gasteiger charge is 2.15. The van der Waals surface area contributed by atoms with Crippen molar-refractivity contribution in [2.75, 3.05) is 6.54 Å². The van der Waals surface area contributed by atoms with Crippen molar-refractivity contribution < 1.29 is 9.18 Å². The van der Waals surface area contributed by atoms with Gasteiger partial charge >= 0.3 is 0 Å². The second-order valence-electron chi connectivity index (χ2n) is 5.92. The third kappa shape index (κ3) is 4.41. The lowest BCUT2D eigenvalue weighted by Crippen LogP contribution is -2.36. The van der Waals surface area contributed by atoms with Crippen molar-refractivity contribution in [1.82, 2.24) is 14.5 Å². The Morgan fingerprint density at radius 1 is 1.26 bits per heavy atom. The molecule has 0 aliphatic heterocycles. The first-order chi connectivity index (χ1) is 13.0. The number of rotatable bonds is 5. The number of carbonyl (C=O) groups excluding carboxylic acids is 1. The SMILES string of the molecule is C#CCN(Cc1ccc(F)cc1)C(=O)Cn1cnc2ccc(Br)cc2c1=O. The van der Waals surface area contributed by atoms with Gasteiger partial charge in [0.15, 0.2) is 0 Å². The van der Waals surface area contributed by atoms with Gasteiger partial charge in [-0.1, -0.05) is 34.0 Å². The van der Waals surface area contributed by atoms with Crippen molar-refractivity contribution in [3.8, 4) is 12.3 Å². The van der Waals surface area contributed by atoms with Crippen molar-refractivity contribution in [2.45, 2.75) is 13.1 Å². The van der Waals surface area contributed by atoms with E-state index in [9.17, 15) is 14.0 Å².